The summed E-state index contributed by atoms with van der Waals surface area (Å²) in [5, 5.41) is 17.7. The molecule has 15 aromatic carbocycles. The van der Waals surface area contributed by atoms with Gasteiger partial charge in [0.1, 0.15) is 0 Å². The second-order valence-corrected chi connectivity index (χ2v) is 19.7. The van der Waals surface area contributed by atoms with Crippen molar-refractivity contribution in [3.8, 4) is 33.4 Å². The van der Waals surface area contributed by atoms with Crippen molar-refractivity contribution in [1.82, 2.24) is 0 Å². The second-order valence-electron chi connectivity index (χ2n) is 19.7. The standard InChI is InChI=1S/C72H46N2/c1-3-11-47(12-4-1)49-31-37-60(38-32-49)73(63-43-56-27-23-52-15-7-16-53-24-28-57(44-63)71(56)69(52)53)61-41-35-51(36-42-61)65-19-9-21-67-66(65)20-10-22-68(67)74(62-39-33-50(34-40-62)48-13-5-2-6-14-48)64-45-58-29-25-54-17-8-18-55-26-30-59(46-64)72(58)70(54)55/h1-46H. The SMILES string of the molecule is c1ccc(-c2ccc(N(c3ccc(-c4cccc5c(N(c6ccc(-c7ccccc7)cc6)c6cc7ccc8cccc9ccc(c6)c7c89)cccc45)cc3)c3cc4ccc5cccc6ccc(c3)c4c56)cc2)cc1. The summed E-state index contributed by atoms with van der Waals surface area (Å²) in [7, 11) is 0. The molecule has 0 fully saturated rings. The normalized spacial score (nSPS) is 11.8. The highest BCUT2D eigenvalue weighted by atomic mass is 15.1. The molecule has 0 heterocycles. The molecule has 2 nitrogen and oxygen atoms in total. The number of hydrogen-bond acceptors (Lipinski definition) is 2. The zero-order valence-corrected chi connectivity index (χ0v) is 40.5. The number of anilines is 6. The predicted molar refractivity (Wildman–Crippen MR) is 317 cm³/mol. The first kappa shape index (κ1) is 42.0. The Kier molecular flexibility index (Phi) is 9.61. The van der Waals surface area contributed by atoms with Gasteiger partial charge in [0, 0.05) is 33.8 Å². The molecule has 2 heteroatoms. The molecule has 0 radical (unpaired) electrons. The van der Waals surface area contributed by atoms with Crippen LogP contribution >= 0.6 is 0 Å². The number of nitrogens with zero attached hydrogens (tertiary/aromatic N) is 2. The molecule has 0 unspecified atom stereocenters. The molecule has 0 aliphatic heterocycles. The zero-order chi connectivity index (χ0) is 48.7. The number of fused-ring (bicyclic) bond motifs is 1. The van der Waals surface area contributed by atoms with Crippen molar-refractivity contribution in [2.45, 2.75) is 0 Å². The van der Waals surface area contributed by atoms with E-state index in [1.807, 2.05) is 0 Å². The van der Waals surface area contributed by atoms with E-state index in [4.69, 9.17) is 0 Å². The third-order valence-corrected chi connectivity index (χ3v) is 15.5. The van der Waals surface area contributed by atoms with Crippen LogP contribution in [0.4, 0.5) is 34.1 Å². The maximum atomic E-state index is 2.45. The fraction of sp³-hybridized carbons (Fsp3) is 0. The third-order valence-electron chi connectivity index (χ3n) is 15.5. The summed E-state index contributed by atoms with van der Waals surface area (Å²) < 4.78 is 0. The van der Waals surface area contributed by atoms with Gasteiger partial charge in [-0.1, -0.05) is 212 Å². The van der Waals surface area contributed by atoms with Gasteiger partial charge in [-0.3, -0.25) is 0 Å². The van der Waals surface area contributed by atoms with E-state index in [0.29, 0.717) is 0 Å². The fourth-order valence-corrected chi connectivity index (χ4v) is 12.0. The van der Waals surface area contributed by atoms with Crippen molar-refractivity contribution in [2.75, 3.05) is 9.80 Å². The van der Waals surface area contributed by atoms with Crippen molar-refractivity contribution in [2.24, 2.45) is 0 Å². The van der Waals surface area contributed by atoms with Crippen LogP contribution in [0.15, 0.2) is 279 Å². The molecular formula is C72H46N2. The van der Waals surface area contributed by atoms with E-state index in [0.717, 1.165) is 39.7 Å². The molecule has 0 saturated carbocycles. The van der Waals surface area contributed by atoms with Gasteiger partial charge < -0.3 is 9.80 Å². The van der Waals surface area contributed by atoms with Crippen LogP contribution in [0.5, 0.6) is 0 Å². The van der Waals surface area contributed by atoms with Crippen molar-refractivity contribution in [3.63, 3.8) is 0 Å². The average molecular weight is 939 g/mol. The van der Waals surface area contributed by atoms with Crippen molar-refractivity contribution < 1.29 is 0 Å². The monoisotopic (exact) mass is 938 g/mol. The molecule has 15 aromatic rings. The molecule has 0 aliphatic carbocycles. The highest BCUT2D eigenvalue weighted by Crippen LogP contribution is 2.47. The Balaban J connectivity index is 0.859. The van der Waals surface area contributed by atoms with Crippen LogP contribution in [0.3, 0.4) is 0 Å². The van der Waals surface area contributed by atoms with E-state index in [9.17, 15) is 0 Å². The Bertz CT molecular complexity index is 4440. The average Bonchev–Trinajstić information content (AvgIpc) is 3.47. The van der Waals surface area contributed by atoms with Gasteiger partial charge in [0.25, 0.3) is 0 Å². The summed E-state index contributed by atoms with van der Waals surface area (Å²) in [5.74, 6) is 0. The minimum atomic E-state index is 1.09. The van der Waals surface area contributed by atoms with E-state index in [2.05, 4.69) is 289 Å². The van der Waals surface area contributed by atoms with Crippen molar-refractivity contribution in [3.05, 3.63) is 279 Å². The fourth-order valence-electron chi connectivity index (χ4n) is 12.0. The molecule has 0 aromatic heterocycles. The minimum Gasteiger partial charge on any atom is -0.310 e. The molecule has 15 rings (SSSR count). The van der Waals surface area contributed by atoms with E-state index < -0.39 is 0 Å². The summed E-state index contributed by atoms with van der Waals surface area (Å²) in [6, 6.07) is 103. The molecule has 0 spiro atoms. The Labute approximate surface area is 429 Å². The van der Waals surface area contributed by atoms with E-state index >= 15 is 0 Å². The molecule has 0 N–H and O–H groups in total. The van der Waals surface area contributed by atoms with Gasteiger partial charge in [-0.2, -0.15) is 0 Å². The number of benzene rings is 15. The Hall–Kier alpha value is -9.76. The van der Waals surface area contributed by atoms with Gasteiger partial charge in [0.05, 0.1) is 5.69 Å². The minimum absolute atomic E-state index is 1.09. The van der Waals surface area contributed by atoms with Gasteiger partial charge in [-0.25, -0.2) is 0 Å². The highest BCUT2D eigenvalue weighted by Gasteiger charge is 2.21. The molecule has 0 bridgehead atoms. The van der Waals surface area contributed by atoms with Gasteiger partial charge in [0.15, 0.2) is 0 Å². The maximum absolute atomic E-state index is 2.45. The third kappa shape index (κ3) is 6.88. The molecule has 74 heavy (non-hydrogen) atoms. The van der Waals surface area contributed by atoms with E-state index in [1.165, 1.54) is 103 Å². The van der Waals surface area contributed by atoms with Gasteiger partial charge in [-0.05, 0) is 170 Å². The van der Waals surface area contributed by atoms with Crippen LogP contribution in [-0.2, 0) is 0 Å². The first-order chi connectivity index (χ1) is 36.7. The molecular weight excluding hydrogens is 893 g/mol. The van der Waals surface area contributed by atoms with Crippen LogP contribution in [0, 0.1) is 0 Å². The predicted octanol–water partition coefficient (Wildman–Crippen LogP) is 20.6. The molecule has 0 amide bonds. The van der Waals surface area contributed by atoms with Crippen molar-refractivity contribution in [1.29, 1.82) is 0 Å². The van der Waals surface area contributed by atoms with E-state index in [1.54, 1.807) is 0 Å². The van der Waals surface area contributed by atoms with Crippen molar-refractivity contribution >= 4 is 110 Å². The topological polar surface area (TPSA) is 6.48 Å². The Morgan fingerprint density at radius 1 is 0.189 bits per heavy atom. The van der Waals surface area contributed by atoms with Gasteiger partial charge in [-0.15, -0.1) is 0 Å². The summed E-state index contributed by atoms with van der Waals surface area (Å²) in [6.45, 7) is 0. The second kappa shape index (κ2) is 16.9. The largest absolute Gasteiger partial charge is 0.310 e. The first-order valence-electron chi connectivity index (χ1n) is 25.6. The highest BCUT2D eigenvalue weighted by molar-refractivity contribution is 6.25. The lowest BCUT2D eigenvalue weighted by molar-refractivity contribution is 1.29. The first-order valence-corrected chi connectivity index (χ1v) is 25.6. The van der Waals surface area contributed by atoms with Crippen LogP contribution < -0.4 is 9.80 Å². The van der Waals surface area contributed by atoms with Gasteiger partial charge in [0.2, 0.25) is 0 Å². The lowest BCUT2D eigenvalue weighted by atomic mass is 9.93. The molecule has 0 aliphatic rings. The molecule has 0 saturated heterocycles. The smallest absolute Gasteiger partial charge is 0.0540 e. The lowest BCUT2D eigenvalue weighted by Gasteiger charge is -2.28. The number of hydrogen-bond donors (Lipinski definition) is 0. The van der Waals surface area contributed by atoms with Gasteiger partial charge >= 0.3 is 0 Å². The maximum Gasteiger partial charge on any atom is 0.0540 e. The Morgan fingerprint density at radius 3 is 0.986 bits per heavy atom. The zero-order valence-electron chi connectivity index (χ0n) is 40.5. The Morgan fingerprint density at radius 2 is 0.527 bits per heavy atom. The summed E-state index contributed by atoms with van der Waals surface area (Å²) in [6.07, 6.45) is 0. The van der Waals surface area contributed by atoms with E-state index in [-0.39, 0.29) is 0 Å². The van der Waals surface area contributed by atoms with Crippen LogP contribution in [-0.4, -0.2) is 0 Å². The quantitative estimate of drug-likeness (QED) is 0.133. The van der Waals surface area contributed by atoms with Crippen LogP contribution in [0.25, 0.3) is 109 Å². The summed E-state index contributed by atoms with van der Waals surface area (Å²) in [4.78, 5) is 4.86. The summed E-state index contributed by atoms with van der Waals surface area (Å²) >= 11 is 0. The molecule has 0 atom stereocenters. The van der Waals surface area contributed by atoms with Crippen LogP contribution in [0.1, 0.15) is 0 Å². The summed E-state index contributed by atoms with van der Waals surface area (Å²) in [5.41, 5.74) is 13.8. The van der Waals surface area contributed by atoms with Crippen LogP contribution in [0.2, 0.25) is 0 Å². The number of rotatable bonds is 9. The lowest BCUT2D eigenvalue weighted by Crippen LogP contribution is -2.11. The molecule has 344 valence electrons.